The molecule has 0 heterocycles. The Morgan fingerprint density at radius 2 is 2.00 bits per heavy atom. The summed E-state index contributed by atoms with van der Waals surface area (Å²) >= 11 is 0. The van der Waals surface area contributed by atoms with Gasteiger partial charge in [-0.3, -0.25) is 9.59 Å². The van der Waals surface area contributed by atoms with Crippen LogP contribution in [0.3, 0.4) is 0 Å². The Bertz CT molecular complexity index is 789. The van der Waals surface area contributed by atoms with Gasteiger partial charge in [-0.05, 0) is 48.2 Å². The molecule has 1 aliphatic rings. The van der Waals surface area contributed by atoms with Crippen molar-refractivity contribution in [2.24, 2.45) is 0 Å². The standard InChI is InChI=1S/C19H19FN2O2/c1-2-18(23)21-13-6-3-5-12(11-13)19(24)22-17-10-9-14-15(17)7-4-8-16(14)20/h3-8,11,17H,2,9-10H2,1H3,(H,21,23)(H,22,24). The van der Waals surface area contributed by atoms with E-state index in [1.807, 2.05) is 6.07 Å². The lowest BCUT2D eigenvalue weighted by Crippen LogP contribution is -2.27. The molecule has 3 rings (SSSR count). The fraction of sp³-hybridized carbons (Fsp3) is 0.263. The van der Waals surface area contributed by atoms with Gasteiger partial charge in [-0.1, -0.05) is 25.1 Å². The number of anilines is 1. The van der Waals surface area contributed by atoms with Crippen molar-refractivity contribution in [3.05, 3.63) is 65.0 Å². The third-order valence-corrected chi connectivity index (χ3v) is 4.25. The average Bonchev–Trinajstić information content (AvgIpc) is 2.99. The molecule has 0 saturated carbocycles. The summed E-state index contributed by atoms with van der Waals surface area (Å²) in [6.45, 7) is 1.77. The number of rotatable bonds is 4. The minimum atomic E-state index is -0.232. The lowest BCUT2D eigenvalue weighted by molar-refractivity contribution is -0.115. The SMILES string of the molecule is CCC(=O)Nc1cccc(C(=O)NC2CCc3c(F)cccc32)c1. The van der Waals surface area contributed by atoms with Gasteiger partial charge in [0.1, 0.15) is 5.82 Å². The molecule has 4 nitrogen and oxygen atoms in total. The van der Waals surface area contributed by atoms with Crippen molar-refractivity contribution >= 4 is 17.5 Å². The maximum atomic E-state index is 13.8. The fourth-order valence-corrected chi connectivity index (χ4v) is 2.99. The maximum absolute atomic E-state index is 13.8. The summed E-state index contributed by atoms with van der Waals surface area (Å²) in [5.41, 5.74) is 2.59. The minimum absolute atomic E-state index is 0.104. The van der Waals surface area contributed by atoms with Crippen LogP contribution in [0.15, 0.2) is 42.5 Å². The van der Waals surface area contributed by atoms with Crippen molar-refractivity contribution in [1.29, 1.82) is 0 Å². The molecular weight excluding hydrogens is 307 g/mol. The van der Waals surface area contributed by atoms with Crippen molar-refractivity contribution in [2.45, 2.75) is 32.2 Å². The molecule has 2 N–H and O–H groups in total. The highest BCUT2D eigenvalue weighted by Crippen LogP contribution is 2.32. The van der Waals surface area contributed by atoms with Crippen molar-refractivity contribution in [3.63, 3.8) is 0 Å². The van der Waals surface area contributed by atoms with Gasteiger partial charge in [0, 0.05) is 17.7 Å². The molecule has 124 valence electrons. The van der Waals surface area contributed by atoms with Gasteiger partial charge in [0.2, 0.25) is 5.91 Å². The van der Waals surface area contributed by atoms with E-state index in [0.29, 0.717) is 36.1 Å². The number of carbonyl (C=O) groups is 2. The summed E-state index contributed by atoms with van der Waals surface area (Å²) < 4.78 is 13.8. The van der Waals surface area contributed by atoms with Crippen molar-refractivity contribution in [1.82, 2.24) is 5.32 Å². The van der Waals surface area contributed by atoms with Crippen LogP contribution in [-0.2, 0) is 11.2 Å². The van der Waals surface area contributed by atoms with E-state index in [9.17, 15) is 14.0 Å². The van der Waals surface area contributed by atoms with E-state index in [4.69, 9.17) is 0 Å². The molecule has 2 amide bonds. The highest BCUT2D eigenvalue weighted by atomic mass is 19.1. The number of amides is 2. The van der Waals surface area contributed by atoms with Crippen LogP contribution in [0, 0.1) is 5.82 Å². The molecule has 1 atom stereocenters. The van der Waals surface area contributed by atoms with Crippen LogP contribution in [0.2, 0.25) is 0 Å². The fourth-order valence-electron chi connectivity index (χ4n) is 2.99. The first-order chi connectivity index (χ1) is 11.6. The zero-order valence-electron chi connectivity index (χ0n) is 13.4. The molecular formula is C19H19FN2O2. The summed E-state index contributed by atoms with van der Waals surface area (Å²) in [7, 11) is 0. The normalized spacial score (nSPS) is 15.7. The van der Waals surface area contributed by atoms with Gasteiger partial charge in [0.15, 0.2) is 0 Å². The monoisotopic (exact) mass is 326 g/mol. The van der Waals surface area contributed by atoms with E-state index in [0.717, 1.165) is 5.56 Å². The van der Waals surface area contributed by atoms with Crippen molar-refractivity contribution in [2.75, 3.05) is 5.32 Å². The molecule has 0 aromatic heterocycles. The van der Waals surface area contributed by atoms with E-state index < -0.39 is 0 Å². The Morgan fingerprint density at radius 3 is 2.79 bits per heavy atom. The quantitative estimate of drug-likeness (QED) is 0.902. The lowest BCUT2D eigenvalue weighted by Gasteiger charge is -2.15. The molecule has 0 radical (unpaired) electrons. The summed E-state index contributed by atoms with van der Waals surface area (Å²) in [5.74, 6) is -0.550. The Morgan fingerprint density at radius 1 is 1.21 bits per heavy atom. The molecule has 2 aromatic carbocycles. The second-order valence-electron chi connectivity index (χ2n) is 5.85. The lowest BCUT2D eigenvalue weighted by atomic mass is 10.1. The zero-order valence-corrected chi connectivity index (χ0v) is 13.4. The molecule has 5 heteroatoms. The van der Waals surface area contributed by atoms with Crippen molar-refractivity contribution < 1.29 is 14.0 Å². The summed E-state index contributed by atoms with van der Waals surface area (Å²) in [5, 5.41) is 5.69. The van der Waals surface area contributed by atoms with Gasteiger partial charge in [0.25, 0.3) is 5.91 Å². The van der Waals surface area contributed by atoms with Gasteiger partial charge in [0.05, 0.1) is 6.04 Å². The second kappa shape index (κ2) is 6.83. The Labute approximate surface area is 140 Å². The number of hydrogen-bond acceptors (Lipinski definition) is 2. The topological polar surface area (TPSA) is 58.2 Å². The van der Waals surface area contributed by atoms with Gasteiger partial charge in [-0.2, -0.15) is 0 Å². The van der Waals surface area contributed by atoms with Crippen LogP contribution in [-0.4, -0.2) is 11.8 Å². The highest BCUT2D eigenvalue weighted by Gasteiger charge is 2.26. The first-order valence-corrected chi connectivity index (χ1v) is 8.06. The summed E-state index contributed by atoms with van der Waals surface area (Å²) in [4.78, 5) is 23.9. The molecule has 24 heavy (non-hydrogen) atoms. The average molecular weight is 326 g/mol. The van der Waals surface area contributed by atoms with Crippen LogP contribution in [0.4, 0.5) is 10.1 Å². The molecule has 1 unspecified atom stereocenters. The third-order valence-electron chi connectivity index (χ3n) is 4.25. The zero-order chi connectivity index (χ0) is 17.1. The van der Waals surface area contributed by atoms with Gasteiger partial charge in [-0.15, -0.1) is 0 Å². The third kappa shape index (κ3) is 3.30. The largest absolute Gasteiger partial charge is 0.345 e. The molecule has 0 fully saturated rings. The maximum Gasteiger partial charge on any atom is 0.251 e. The minimum Gasteiger partial charge on any atom is -0.345 e. The van der Waals surface area contributed by atoms with E-state index >= 15 is 0 Å². The van der Waals surface area contributed by atoms with Crippen LogP contribution >= 0.6 is 0 Å². The molecule has 0 saturated heterocycles. The number of nitrogens with one attached hydrogen (secondary N) is 2. The molecule has 0 spiro atoms. The Hall–Kier alpha value is -2.69. The van der Waals surface area contributed by atoms with Crippen LogP contribution < -0.4 is 10.6 Å². The van der Waals surface area contributed by atoms with E-state index in [1.54, 1.807) is 37.3 Å². The molecule has 1 aliphatic carbocycles. The number of fused-ring (bicyclic) bond motifs is 1. The summed E-state index contributed by atoms with van der Waals surface area (Å²) in [6, 6.07) is 11.6. The van der Waals surface area contributed by atoms with Gasteiger partial charge < -0.3 is 10.6 Å². The number of hydrogen-bond donors (Lipinski definition) is 2. The number of halogens is 1. The smallest absolute Gasteiger partial charge is 0.251 e. The van der Waals surface area contributed by atoms with E-state index in [-0.39, 0.29) is 23.7 Å². The molecule has 0 bridgehead atoms. The van der Waals surface area contributed by atoms with Gasteiger partial charge in [-0.25, -0.2) is 4.39 Å². The first-order valence-electron chi connectivity index (χ1n) is 8.06. The van der Waals surface area contributed by atoms with Crippen LogP contribution in [0.25, 0.3) is 0 Å². The van der Waals surface area contributed by atoms with Gasteiger partial charge >= 0.3 is 0 Å². The number of carbonyl (C=O) groups excluding carboxylic acids is 2. The van der Waals surface area contributed by atoms with Crippen LogP contribution in [0.5, 0.6) is 0 Å². The number of benzene rings is 2. The molecule has 0 aliphatic heterocycles. The Kier molecular flexibility index (Phi) is 4.60. The molecule has 2 aromatic rings. The second-order valence-corrected chi connectivity index (χ2v) is 5.85. The summed E-state index contributed by atoms with van der Waals surface area (Å²) in [6.07, 6.45) is 1.69. The van der Waals surface area contributed by atoms with Crippen LogP contribution in [0.1, 0.15) is 47.3 Å². The first kappa shape index (κ1) is 16.2. The van der Waals surface area contributed by atoms with Crippen molar-refractivity contribution in [3.8, 4) is 0 Å². The predicted molar refractivity (Wildman–Crippen MR) is 90.3 cm³/mol. The Balaban J connectivity index is 1.74. The predicted octanol–water partition coefficient (Wildman–Crippen LogP) is 3.59. The van der Waals surface area contributed by atoms with E-state index in [1.165, 1.54) is 6.07 Å². The van der Waals surface area contributed by atoms with E-state index in [2.05, 4.69) is 10.6 Å². The highest BCUT2D eigenvalue weighted by molar-refractivity contribution is 5.97.